The Kier molecular flexibility index (Phi) is 6.36. The number of aromatic nitrogens is 3. The summed E-state index contributed by atoms with van der Waals surface area (Å²) in [6.07, 6.45) is 3.35. The first-order valence-corrected chi connectivity index (χ1v) is 13.0. The second-order valence-electron chi connectivity index (χ2n) is 7.30. The maximum absolute atomic E-state index is 12.7. The molecule has 2 aromatic carbocycles. The molecule has 0 radical (unpaired) electrons. The first-order valence-electron chi connectivity index (χ1n) is 9.75. The molecular formula is C21H21ClN4O3S2. The van der Waals surface area contributed by atoms with E-state index in [4.69, 9.17) is 11.6 Å². The van der Waals surface area contributed by atoms with Crippen LogP contribution in [0.1, 0.15) is 23.2 Å². The number of sulfone groups is 1. The summed E-state index contributed by atoms with van der Waals surface area (Å²) >= 11 is 7.50. The molecule has 0 spiro atoms. The van der Waals surface area contributed by atoms with Crippen LogP contribution in [-0.4, -0.2) is 54.1 Å². The largest absolute Gasteiger partial charge is 0.341 e. The van der Waals surface area contributed by atoms with Crippen molar-refractivity contribution >= 4 is 44.9 Å². The molecular weight excluding hydrogens is 456 g/mol. The normalized spacial score (nSPS) is 14.2. The number of halogens is 1. The van der Waals surface area contributed by atoms with Crippen molar-refractivity contribution in [2.45, 2.75) is 22.9 Å². The summed E-state index contributed by atoms with van der Waals surface area (Å²) in [4.78, 5) is 15.1. The quantitative estimate of drug-likeness (QED) is 0.377. The number of thioether (sulfide) groups is 1. The zero-order valence-corrected chi connectivity index (χ0v) is 19.3. The van der Waals surface area contributed by atoms with Crippen LogP contribution in [-0.2, 0) is 9.84 Å². The number of hydrogen-bond donors (Lipinski definition) is 0. The molecule has 0 saturated carbocycles. The van der Waals surface area contributed by atoms with Gasteiger partial charge in [0.25, 0.3) is 0 Å². The van der Waals surface area contributed by atoms with Crippen LogP contribution in [0.2, 0.25) is 5.02 Å². The molecule has 1 aliphatic rings. The number of anilines is 1. The maximum atomic E-state index is 12.7. The Hall–Kier alpha value is -2.36. The van der Waals surface area contributed by atoms with Gasteiger partial charge in [-0.15, -0.1) is 10.2 Å². The highest BCUT2D eigenvalue weighted by Crippen LogP contribution is 2.30. The standard InChI is InChI=1S/C21H21ClN4O3S2/c1-31(28,29)18-9-7-15(8-10-18)19(27)14-30-21-24-23-20(25-11-2-3-12-25)26(21)17-6-4-5-16(22)13-17/h4-10,13H,2-3,11-12,14H2,1H3. The van der Waals surface area contributed by atoms with Crippen molar-refractivity contribution in [3.63, 3.8) is 0 Å². The monoisotopic (exact) mass is 476 g/mol. The number of ketones is 1. The molecule has 0 atom stereocenters. The molecule has 1 aromatic heterocycles. The van der Waals surface area contributed by atoms with Crippen molar-refractivity contribution in [2.75, 3.05) is 30.0 Å². The third kappa shape index (κ3) is 4.94. The summed E-state index contributed by atoms with van der Waals surface area (Å²) in [7, 11) is -3.30. The minimum atomic E-state index is -3.30. The molecule has 0 unspecified atom stereocenters. The first-order chi connectivity index (χ1) is 14.8. The van der Waals surface area contributed by atoms with Gasteiger partial charge in [0.05, 0.1) is 16.3 Å². The zero-order valence-electron chi connectivity index (χ0n) is 16.9. The lowest BCUT2D eigenvalue weighted by Crippen LogP contribution is -2.22. The number of rotatable bonds is 7. The summed E-state index contributed by atoms with van der Waals surface area (Å²) in [5.41, 5.74) is 1.29. The van der Waals surface area contributed by atoms with E-state index >= 15 is 0 Å². The van der Waals surface area contributed by atoms with Crippen LogP contribution in [0.4, 0.5) is 5.95 Å². The fourth-order valence-corrected chi connectivity index (χ4v) is 5.08. The van der Waals surface area contributed by atoms with Crippen molar-refractivity contribution in [1.29, 1.82) is 0 Å². The second-order valence-corrected chi connectivity index (χ2v) is 10.7. The molecule has 0 N–H and O–H groups in total. The van der Waals surface area contributed by atoms with Crippen molar-refractivity contribution in [3.05, 3.63) is 59.1 Å². The van der Waals surface area contributed by atoms with Gasteiger partial charge in [-0.3, -0.25) is 9.36 Å². The van der Waals surface area contributed by atoms with Gasteiger partial charge in [-0.2, -0.15) is 0 Å². The van der Waals surface area contributed by atoms with Crippen LogP contribution in [0.25, 0.3) is 5.69 Å². The third-order valence-electron chi connectivity index (χ3n) is 5.01. The van der Waals surface area contributed by atoms with E-state index in [1.807, 2.05) is 22.8 Å². The molecule has 4 rings (SSSR count). The topological polar surface area (TPSA) is 85.2 Å². The van der Waals surface area contributed by atoms with Gasteiger partial charge in [-0.1, -0.05) is 41.6 Å². The van der Waals surface area contributed by atoms with E-state index in [9.17, 15) is 13.2 Å². The predicted molar refractivity (Wildman–Crippen MR) is 122 cm³/mol. The van der Waals surface area contributed by atoms with Gasteiger partial charge in [0.1, 0.15) is 0 Å². The summed E-state index contributed by atoms with van der Waals surface area (Å²) in [6.45, 7) is 1.82. The van der Waals surface area contributed by atoms with Crippen LogP contribution >= 0.6 is 23.4 Å². The third-order valence-corrected chi connectivity index (χ3v) is 7.30. The van der Waals surface area contributed by atoms with Crippen LogP contribution in [0.5, 0.6) is 0 Å². The van der Waals surface area contributed by atoms with Crippen molar-refractivity contribution in [2.24, 2.45) is 0 Å². The molecule has 10 heteroatoms. The molecule has 0 amide bonds. The fraction of sp³-hybridized carbons (Fsp3) is 0.286. The lowest BCUT2D eigenvalue weighted by molar-refractivity contribution is 0.102. The zero-order chi connectivity index (χ0) is 22.0. The number of Topliss-reactive ketones (excluding diaryl/α,β-unsaturated/α-hetero) is 1. The van der Waals surface area contributed by atoms with E-state index in [1.165, 1.54) is 36.0 Å². The van der Waals surface area contributed by atoms with Crippen molar-refractivity contribution < 1.29 is 13.2 Å². The summed E-state index contributed by atoms with van der Waals surface area (Å²) in [5.74, 6) is 0.775. The lowest BCUT2D eigenvalue weighted by atomic mass is 10.1. The van der Waals surface area contributed by atoms with E-state index in [1.54, 1.807) is 6.07 Å². The second kappa shape index (κ2) is 9.02. The Labute approximate surface area is 190 Å². The Morgan fingerprint density at radius 1 is 1.10 bits per heavy atom. The van der Waals surface area contributed by atoms with Crippen molar-refractivity contribution in [1.82, 2.24) is 14.8 Å². The highest BCUT2D eigenvalue weighted by molar-refractivity contribution is 7.99. The van der Waals surface area contributed by atoms with Gasteiger partial charge < -0.3 is 4.90 Å². The number of hydrogen-bond acceptors (Lipinski definition) is 7. The van der Waals surface area contributed by atoms with Gasteiger partial charge >= 0.3 is 0 Å². The molecule has 0 bridgehead atoms. The Bertz CT molecular complexity index is 1200. The smallest absolute Gasteiger partial charge is 0.232 e. The fourth-order valence-electron chi connectivity index (χ4n) is 3.42. The van der Waals surface area contributed by atoms with E-state index < -0.39 is 9.84 Å². The van der Waals surface area contributed by atoms with E-state index in [0.29, 0.717) is 15.7 Å². The molecule has 162 valence electrons. The Balaban J connectivity index is 1.57. The summed E-state index contributed by atoms with van der Waals surface area (Å²) in [5, 5.41) is 9.94. The van der Waals surface area contributed by atoms with Crippen LogP contribution in [0.15, 0.2) is 58.6 Å². The average Bonchev–Trinajstić information content (AvgIpc) is 3.41. The molecule has 1 fully saturated rings. The van der Waals surface area contributed by atoms with Crippen LogP contribution < -0.4 is 4.90 Å². The van der Waals surface area contributed by atoms with E-state index in [2.05, 4.69) is 15.1 Å². The van der Waals surface area contributed by atoms with Gasteiger partial charge in [-0.25, -0.2) is 8.42 Å². The van der Waals surface area contributed by atoms with Gasteiger partial charge in [0, 0.05) is 29.9 Å². The number of benzene rings is 2. The lowest BCUT2D eigenvalue weighted by Gasteiger charge is -2.18. The molecule has 7 nitrogen and oxygen atoms in total. The number of nitrogens with zero attached hydrogens (tertiary/aromatic N) is 4. The molecule has 0 aliphatic carbocycles. The molecule has 2 heterocycles. The minimum Gasteiger partial charge on any atom is -0.341 e. The van der Waals surface area contributed by atoms with Crippen LogP contribution in [0, 0.1) is 0 Å². The average molecular weight is 477 g/mol. The van der Waals surface area contributed by atoms with E-state index in [-0.39, 0.29) is 16.4 Å². The number of carbonyl (C=O) groups is 1. The molecule has 3 aromatic rings. The molecule has 31 heavy (non-hydrogen) atoms. The molecule has 1 saturated heterocycles. The highest BCUT2D eigenvalue weighted by atomic mass is 35.5. The van der Waals surface area contributed by atoms with Gasteiger partial charge in [0.15, 0.2) is 20.8 Å². The maximum Gasteiger partial charge on any atom is 0.232 e. The highest BCUT2D eigenvalue weighted by Gasteiger charge is 2.23. The van der Waals surface area contributed by atoms with Gasteiger partial charge in [-0.05, 0) is 43.2 Å². The first kappa shape index (κ1) is 21.9. The van der Waals surface area contributed by atoms with Gasteiger partial charge in [0.2, 0.25) is 5.95 Å². The predicted octanol–water partition coefficient (Wildman–Crippen LogP) is 3.90. The SMILES string of the molecule is CS(=O)(=O)c1ccc(C(=O)CSc2nnc(N3CCCC3)n2-c2cccc(Cl)c2)cc1. The van der Waals surface area contributed by atoms with Crippen molar-refractivity contribution in [3.8, 4) is 5.69 Å². The van der Waals surface area contributed by atoms with Crippen LogP contribution in [0.3, 0.4) is 0 Å². The van der Waals surface area contributed by atoms with E-state index in [0.717, 1.165) is 43.8 Å². The number of carbonyl (C=O) groups excluding carboxylic acids is 1. The Morgan fingerprint density at radius 2 is 1.81 bits per heavy atom. The Morgan fingerprint density at radius 3 is 2.45 bits per heavy atom. The summed E-state index contributed by atoms with van der Waals surface area (Å²) in [6, 6.07) is 13.4. The summed E-state index contributed by atoms with van der Waals surface area (Å²) < 4.78 is 25.2. The molecule has 1 aliphatic heterocycles. The minimum absolute atomic E-state index is 0.117.